The van der Waals surface area contributed by atoms with Crippen molar-refractivity contribution in [1.29, 1.82) is 0 Å². The normalized spacial score (nSPS) is 16.0. The lowest BCUT2D eigenvalue weighted by molar-refractivity contribution is 0.409. The van der Waals surface area contributed by atoms with Crippen molar-refractivity contribution < 1.29 is 0 Å². The number of aryl methyl sites for hydroxylation is 2. The van der Waals surface area contributed by atoms with Crippen LogP contribution in [-0.2, 0) is 20.0 Å². The van der Waals surface area contributed by atoms with Gasteiger partial charge in [0.05, 0.1) is 10.7 Å². The molecule has 0 unspecified atom stereocenters. The van der Waals surface area contributed by atoms with Crippen LogP contribution in [0.5, 0.6) is 0 Å². The highest BCUT2D eigenvalue weighted by Crippen LogP contribution is 2.17. The summed E-state index contributed by atoms with van der Waals surface area (Å²) in [6.45, 7) is 5.34. The number of nitrogens with one attached hydrogen (secondary N) is 2. The van der Waals surface area contributed by atoms with Crippen LogP contribution >= 0.6 is 11.3 Å². The fraction of sp³-hybridized carbons (Fsp3) is 0.667. The Hall–Kier alpha value is -1.96. The van der Waals surface area contributed by atoms with Crippen molar-refractivity contribution in [2.75, 3.05) is 6.54 Å². The molecule has 0 bridgehead atoms. The lowest BCUT2D eigenvalue weighted by atomic mass is 9.96. The highest BCUT2D eigenvalue weighted by Gasteiger charge is 2.15. The average Bonchev–Trinajstić information content (AvgIpc) is 3.20. The Bertz CT molecular complexity index is 728. The maximum absolute atomic E-state index is 4.75. The molecule has 0 aromatic carbocycles. The van der Waals surface area contributed by atoms with Crippen molar-refractivity contribution in [1.82, 2.24) is 30.4 Å². The molecule has 0 spiro atoms. The molecule has 2 heterocycles. The second-order valence-corrected chi connectivity index (χ2v) is 7.96. The molecule has 2 aromatic heterocycles. The molecule has 0 radical (unpaired) electrons. The highest BCUT2D eigenvalue weighted by atomic mass is 32.1. The molecule has 1 aliphatic rings. The summed E-state index contributed by atoms with van der Waals surface area (Å²) >= 11 is 1.70. The fourth-order valence-electron chi connectivity index (χ4n) is 3.16. The summed E-state index contributed by atoms with van der Waals surface area (Å²) < 4.78 is 1.99. The Labute approximate surface area is 159 Å². The zero-order chi connectivity index (χ0) is 18.4. The van der Waals surface area contributed by atoms with Gasteiger partial charge >= 0.3 is 0 Å². The molecule has 1 saturated carbocycles. The molecule has 0 saturated heterocycles. The van der Waals surface area contributed by atoms with Gasteiger partial charge in [-0.05, 0) is 26.7 Å². The molecule has 1 aliphatic carbocycles. The van der Waals surface area contributed by atoms with Crippen LogP contribution in [0.4, 0.5) is 0 Å². The first-order chi connectivity index (χ1) is 12.6. The standard InChI is InChI=1S/C18H29N7S/c1-13-23-24-17(25(13)3)11-20-18(22-15-7-5-4-6-8-15)19-10-9-16-12-26-14(2)21-16/h12,15H,4-11H2,1-3H3,(H2,19,20,22). The van der Waals surface area contributed by atoms with Crippen molar-refractivity contribution in [2.45, 2.75) is 65.0 Å². The molecular formula is C18H29N7S. The minimum atomic E-state index is 0.512. The van der Waals surface area contributed by atoms with E-state index in [2.05, 4.69) is 31.2 Å². The van der Waals surface area contributed by atoms with Gasteiger partial charge in [-0.15, -0.1) is 21.5 Å². The van der Waals surface area contributed by atoms with Crippen LogP contribution in [0.25, 0.3) is 0 Å². The van der Waals surface area contributed by atoms with E-state index in [1.165, 1.54) is 32.1 Å². The number of hydrogen-bond donors (Lipinski definition) is 2. The zero-order valence-electron chi connectivity index (χ0n) is 16.0. The van der Waals surface area contributed by atoms with Crippen molar-refractivity contribution >= 4 is 17.3 Å². The third-order valence-electron chi connectivity index (χ3n) is 4.85. The molecule has 7 nitrogen and oxygen atoms in total. The third kappa shape index (κ3) is 5.27. The van der Waals surface area contributed by atoms with Gasteiger partial charge in [0.1, 0.15) is 12.4 Å². The number of rotatable bonds is 6. The Balaban J connectivity index is 1.59. The van der Waals surface area contributed by atoms with Gasteiger partial charge in [-0.25, -0.2) is 9.98 Å². The van der Waals surface area contributed by atoms with Gasteiger partial charge in [-0.3, -0.25) is 0 Å². The van der Waals surface area contributed by atoms with E-state index >= 15 is 0 Å². The van der Waals surface area contributed by atoms with Crippen LogP contribution < -0.4 is 10.6 Å². The topological polar surface area (TPSA) is 80.0 Å². The van der Waals surface area contributed by atoms with E-state index in [-0.39, 0.29) is 0 Å². The summed E-state index contributed by atoms with van der Waals surface area (Å²) in [5.74, 6) is 2.65. The molecule has 2 aromatic rings. The summed E-state index contributed by atoms with van der Waals surface area (Å²) in [7, 11) is 1.98. The number of aliphatic imine (C=N–C) groups is 1. The van der Waals surface area contributed by atoms with Crippen LogP contribution in [-0.4, -0.2) is 38.3 Å². The highest BCUT2D eigenvalue weighted by molar-refractivity contribution is 7.09. The predicted octanol–water partition coefficient (Wildman–Crippen LogP) is 2.50. The summed E-state index contributed by atoms with van der Waals surface area (Å²) in [5, 5.41) is 18.6. The first kappa shape index (κ1) is 18.8. The Morgan fingerprint density at radius 2 is 2.08 bits per heavy atom. The van der Waals surface area contributed by atoms with Gasteiger partial charge in [0.2, 0.25) is 0 Å². The number of guanidine groups is 1. The van der Waals surface area contributed by atoms with Gasteiger partial charge < -0.3 is 15.2 Å². The van der Waals surface area contributed by atoms with Crippen LogP contribution in [0.3, 0.4) is 0 Å². The predicted molar refractivity (Wildman–Crippen MR) is 105 cm³/mol. The maximum Gasteiger partial charge on any atom is 0.191 e. The molecule has 1 fully saturated rings. The SMILES string of the molecule is Cc1nc(CCNC(=NCc2nnc(C)n2C)NC2CCCCC2)cs1. The summed E-state index contributed by atoms with van der Waals surface area (Å²) in [6, 6.07) is 0.512. The van der Waals surface area contributed by atoms with Crippen molar-refractivity contribution in [3.05, 3.63) is 27.7 Å². The largest absolute Gasteiger partial charge is 0.356 e. The Morgan fingerprint density at radius 1 is 1.27 bits per heavy atom. The molecule has 0 atom stereocenters. The number of aromatic nitrogens is 4. The summed E-state index contributed by atoms with van der Waals surface area (Å²) in [6.07, 6.45) is 7.28. The minimum Gasteiger partial charge on any atom is -0.356 e. The molecule has 2 N–H and O–H groups in total. The zero-order valence-corrected chi connectivity index (χ0v) is 16.8. The lowest BCUT2D eigenvalue weighted by Gasteiger charge is -2.25. The molecule has 26 heavy (non-hydrogen) atoms. The van der Waals surface area contributed by atoms with E-state index in [0.717, 1.165) is 41.3 Å². The van der Waals surface area contributed by atoms with Crippen molar-refractivity contribution in [3.8, 4) is 0 Å². The Morgan fingerprint density at radius 3 is 2.73 bits per heavy atom. The first-order valence-electron chi connectivity index (χ1n) is 9.42. The Kier molecular flexibility index (Phi) is 6.60. The average molecular weight is 376 g/mol. The van der Waals surface area contributed by atoms with E-state index in [4.69, 9.17) is 4.99 Å². The smallest absolute Gasteiger partial charge is 0.191 e. The van der Waals surface area contributed by atoms with Crippen LogP contribution in [0.15, 0.2) is 10.4 Å². The molecule has 0 aliphatic heterocycles. The lowest BCUT2D eigenvalue weighted by Crippen LogP contribution is -2.44. The van der Waals surface area contributed by atoms with Gasteiger partial charge in [0, 0.05) is 31.4 Å². The quantitative estimate of drug-likeness (QED) is 0.599. The fourth-order valence-corrected chi connectivity index (χ4v) is 3.81. The van der Waals surface area contributed by atoms with Crippen molar-refractivity contribution in [2.24, 2.45) is 12.0 Å². The molecule has 8 heteroatoms. The monoisotopic (exact) mass is 375 g/mol. The van der Waals surface area contributed by atoms with Gasteiger partial charge in [0.15, 0.2) is 11.8 Å². The van der Waals surface area contributed by atoms with E-state index in [1.54, 1.807) is 11.3 Å². The third-order valence-corrected chi connectivity index (χ3v) is 5.67. The second-order valence-electron chi connectivity index (χ2n) is 6.90. The van der Waals surface area contributed by atoms with Gasteiger partial charge in [0.25, 0.3) is 0 Å². The van der Waals surface area contributed by atoms with Gasteiger partial charge in [-0.2, -0.15) is 0 Å². The number of hydrogen-bond acceptors (Lipinski definition) is 5. The van der Waals surface area contributed by atoms with Crippen LogP contribution in [0, 0.1) is 13.8 Å². The summed E-state index contributed by atoms with van der Waals surface area (Å²) in [5.41, 5.74) is 1.14. The van der Waals surface area contributed by atoms with Crippen molar-refractivity contribution in [3.63, 3.8) is 0 Å². The molecule has 3 rings (SSSR count). The van der Waals surface area contributed by atoms with Gasteiger partial charge in [-0.1, -0.05) is 19.3 Å². The van der Waals surface area contributed by atoms with E-state index in [1.807, 2.05) is 25.5 Å². The maximum atomic E-state index is 4.75. The first-order valence-corrected chi connectivity index (χ1v) is 10.3. The van der Waals surface area contributed by atoms with Crippen LogP contribution in [0.1, 0.15) is 54.5 Å². The molecule has 0 amide bonds. The molecule has 142 valence electrons. The van der Waals surface area contributed by atoms with E-state index < -0.39 is 0 Å². The van der Waals surface area contributed by atoms with E-state index in [0.29, 0.717) is 12.6 Å². The van der Waals surface area contributed by atoms with E-state index in [9.17, 15) is 0 Å². The molecular weight excluding hydrogens is 346 g/mol. The minimum absolute atomic E-state index is 0.512. The van der Waals surface area contributed by atoms with Crippen LogP contribution in [0.2, 0.25) is 0 Å². The second kappa shape index (κ2) is 9.12. The summed E-state index contributed by atoms with van der Waals surface area (Å²) in [4.78, 5) is 9.28. The number of nitrogens with zero attached hydrogens (tertiary/aromatic N) is 5. The number of thiazole rings is 1.